The lowest BCUT2D eigenvalue weighted by atomic mass is 10.2. The van der Waals surface area contributed by atoms with Crippen LogP contribution in [0.4, 0.5) is 0 Å². The molecule has 0 aliphatic heterocycles. The summed E-state index contributed by atoms with van der Waals surface area (Å²) in [5.74, 6) is 1.93. The maximum atomic E-state index is 12.0. The Morgan fingerprint density at radius 3 is 2.77 bits per heavy atom. The van der Waals surface area contributed by atoms with Gasteiger partial charge in [0.05, 0.1) is 5.75 Å². The maximum Gasteiger partial charge on any atom is 0.230 e. The van der Waals surface area contributed by atoms with E-state index in [0.29, 0.717) is 11.7 Å². The molecule has 1 saturated carbocycles. The van der Waals surface area contributed by atoms with Crippen molar-refractivity contribution >= 4 is 17.7 Å². The molecule has 2 aromatic rings. The van der Waals surface area contributed by atoms with Gasteiger partial charge in [-0.05, 0) is 25.7 Å². The second kappa shape index (κ2) is 6.52. The second-order valence-corrected chi connectivity index (χ2v) is 6.66. The van der Waals surface area contributed by atoms with Crippen molar-refractivity contribution in [1.29, 1.82) is 0 Å². The predicted molar refractivity (Wildman–Crippen MR) is 87.5 cm³/mol. The largest absolute Gasteiger partial charge is 0.353 e. The average Bonchev–Trinajstić information content (AvgIpc) is 3.31. The van der Waals surface area contributed by atoms with E-state index in [1.54, 1.807) is 0 Å². The summed E-state index contributed by atoms with van der Waals surface area (Å²) in [6.45, 7) is 2.08. The molecule has 1 heterocycles. The zero-order valence-electron chi connectivity index (χ0n) is 12.8. The standard InChI is InChI=1S/C16H20N4OS/c1-11(12-8-9-12)17-14(21)10-22-16-19-18-15(20(16)2)13-6-4-3-5-7-13/h3-7,11-12H,8-10H2,1-2H3,(H,17,21). The van der Waals surface area contributed by atoms with E-state index < -0.39 is 0 Å². The van der Waals surface area contributed by atoms with Crippen LogP contribution in [-0.2, 0) is 11.8 Å². The van der Waals surface area contributed by atoms with Gasteiger partial charge in [0, 0.05) is 18.7 Å². The summed E-state index contributed by atoms with van der Waals surface area (Å²) in [5, 5.41) is 12.2. The third-order valence-electron chi connectivity index (χ3n) is 3.92. The molecule has 0 spiro atoms. The normalized spacial score (nSPS) is 15.5. The first-order chi connectivity index (χ1) is 10.6. The van der Waals surface area contributed by atoms with Crippen molar-refractivity contribution in [1.82, 2.24) is 20.1 Å². The van der Waals surface area contributed by atoms with E-state index in [0.717, 1.165) is 16.5 Å². The summed E-state index contributed by atoms with van der Waals surface area (Å²) in [7, 11) is 1.93. The molecule has 0 radical (unpaired) electrons. The minimum Gasteiger partial charge on any atom is -0.353 e. The van der Waals surface area contributed by atoms with Gasteiger partial charge in [-0.2, -0.15) is 0 Å². The molecule has 1 aromatic carbocycles. The van der Waals surface area contributed by atoms with E-state index >= 15 is 0 Å². The number of hydrogen-bond acceptors (Lipinski definition) is 4. The van der Waals surface area contributed by atoms with Gasteiger partial charge in [-0.1, -0.05) is 42.1 Å². The Morgan fingerprint density at radius 1 is 1.36 bits per heavy atom. The number of amides is 1. The van der Waals surface area contributed by atoms with Crippen molar-refractivity contribution in [3.63, 3.8) is 0 Å². The fourth-order valence-corrected chi connectivity index (χ4v) is 3.14. The van der Waals surface area contributed by atoms with Gasteiger partial charge in [0.1, 0.15) is 0 Å². The molecule has 1 amide bonds. The average molecular weight is 316 g/mol. The number of hydrogen-bond donors (Lipinski definition) is 1. The molecular weight excluding hydrogens is 296 g/mol. The van der Waals surface area contributed by atoms with Crippen LogP contribution >= 0.6 is 11.8 Å². The molecule has 1 unspecified atom stereocenters. The second-order valence-electron chi connectivity index (χ2n) is 5.71. The van der Waals surface area contributed by atoms with Crippen LogP contribution in [0.5, 0.6) is 0 Å². The number of nitrogens with zero attached hydrogens (tertiary/aromatic N) is 3. The van der Waals surface area contributed by atoms with E-state index in [4.69, 9.17) is 0 Å². The maximum absolute atomic E-state index is 12.0. The first-order valence-corrected chi connectivity index (χ1v) is 8.50. The minimum atomic E-state index is 0.0636. The quantitative estimate of drug-likeness (QED) is 0.832. The van der Waals surface area contributed by atoms with Gasteiger partial charge in [-0.15, -0.1) is 10.2 Å². The van der Waals surface area contributed by atoms with Crippen molar-refractivity contribution in [2.45, 2.75) is 31.0 Å². The zero-order valence-corrected chi connectivity index (χ0v) is 13.6. The SMILES string of the molecule is CC(NC(=O)CSc1nnc(-c2ccccc2)n1C)C1CC1. The molecule has 5 nitrogen and oxygen atoms in total. The molecule has 1 fully saturated rings. The molecule has 0 saturated heterocycles. The van der Waals surface area contributed by atoms with Crippen molar-refractivity contribution in [2.24, 2.45) is 13.0 Å². The molecule has 1 aliphatic carbocycles. The first kappa shape index (κ1) is 15.1. The Hall–Kier alpha value is -1.82. The van der Waals surface area contributed by atoms with Gasteiger partial charge in [-0.25, -0.2) is 0 Å². The fraction of sp³-hybridized carbons (Fsp3) is 0.438. The van der Waals surface area contributed by atoms with E-state index in [1.807, 2.05) is 41.9 Å². The zero-order chi connectivity index (χ0) is 15.5. The highest BCUT2D eigenvalue weighted by Crippen LogP contribution is 2.32. The van der Waals surface area contributed by atoms with Gasteiger partial charge >= 0.3 is 0 Å². The van der Waals surface area contributed by atoms with Crippen LogP contribution in [0.25, 0.3) is 11.4 Å². The van der Waals surface area contributed by atoms with E-state index in [2.05, 4.69) is 22.4 Å². The Balaban J connectivity index is 1.59. The summed E-state index contributed by atoms with van der Waals surface area (Å²) in [6.07, 6.45) is 2.47. The van der Waals surface area contributed by atoms with Crippen LogP contribution in [-0.4, -0.2) is 32.5 Å². The highest BCUT2D eigenvalue weighted by atomic mass is 32.2. The molecule has 116 valence electrons. The lowest BCUT2D eigenvalue weighted by Crippen LogP contribution is -2.35. The minimum absolute atomic E-state index is 0.0636. The van der Waals surface area contributed by atoms with Crippen molar-refractivity contribution < 1.29 is 4.79 Å². The van der Waals surface area contributed by atoms with Gasteiger partial charge in [-0.3, -0.25) is 4.79 Å². The Kier molecular flexibility index (Phi) is 4.47. The molecule has 1 aromatic heterocycles. The monoisotopic (exact) mass is 316 g/mol. The smallest absolute Gasteiger partial charge is 0.230 e. The highest BCUT2D eigenvalue weighted by Gasteiger charge is 2.28. The molecule has 1 N–H and O–H groups in total. The summed E-state index contributed by atoms with van der Waals surface area (Å²) < 4.78 is 1.93. The van der Waals surface area contributed by atoms with E-state index in [-0.39, 0.29) is 11.9 Å². The molecule has 6 heteroatoms. The molecular formula is C16H20N4OS. The first-order valence-electron chi connectivity index (χ1n) is 7.52. The van der Waals surface area contributed by atoms with Gasteiger partial charge < -0.3 is 9.88 Å². The Morgan fingerprint density at radius 2 is 2.09 bits per heavy atom. The number of rotatable bonds is 6. The lowest BCUT2D eigenvalue weighted by molar-refractivity contribution is -0.119. The van der Waals surface area contributed by atoms with E-state index in [9.17, 15) is 4.79 Å². The lowest BCUT2D eigenvalue weighted by Gasteiger charge is -2.12. The third-order valence-corrected chi connectivity index (χ3v) is 4.94. The third kappa shape index (κ3) is 3.50. The molecule has 1 atom stereocenters. The number of carbonyl (C=O) groups excluding carboxylic acids is 1. The van der Waals surface area contributed by atoms with Crippen LogP contribution in [0.2, 0.25) is 0 Å². The van der Waals surface area contributed by atoms with Crippen LogP contribution in [0.15, 0.2) is 35.5 Å². The van der Waals surface area contributed by atoms with Gasteiger partial charge in [0.15, 0.2) is 11.0 Å². The summed E-state index contributed by atoms with van der Waals surface area (Å²) >= 11 is 1.42. The van der Waals surface area contributed by atoms with Crippen molar-refractivity contribution in [2.75, 3.05) is 5.75 Å². The highest BCUT2D eigenvalue weighted by molar-refractivity contribution is 7.99. The summed E-state index contributed by atoms with van der Waals surface area (Å²) in [5.41, 5.74) is 1.02. The Labute approximate surface area is 134 Å². The fourth-order valence-electron chi connectivity index (χ4n) is 2.42. The number of carbonyl (C=O) groups is 1. The van der Waals surface area contributed by atoms with Crippen LogP contribution < -0.4 is 5.32 Å². The van der Waals surface area contributed by atoms with Crippen LogP contribution in [0.1, 0.15) is 19.8 Å². The van der Waals surface area contributed by atoms with Crippen molar-refractivity contribution in [3.05, 3.63) is 30.3 Å². The number of nitrogens with one attached hydrogen (secondary N) is 1. The topological polar surface area (TPSA) is 59.8 Å². The number of aromatic nitrogens is 3. The molecule has 3 rings (SSSR count). The van der Waals surface area contributed by atoms with Crippen molar-refractivity contribution in [3.8, 4) is 11.4 Å². The molecule has 22 heavy (non-hydrogen) atoms. The summed E-state index contributed by atoms with van der Waals surface area (Å²) in [4.78, 5) is 12.0. The molecule has 1 aliphatic rings. The number of thioether (sulfide) groups is 1. The van der Waals surface area contributed by atoms with Gasteiger partial charge in [0.25, 0.3) is 0 Å². The summed E-state index contributed by atoms with van der Waals surface area (Å²) in [6, 6.07) is 10.2. The predicted octanol–water partition coefficient (Wildman–Crippen LogP) is 2.49. The Bertz CT molecular complexity index is 651. The van der Waals surface area contributed by atoms with E-state index in [1.165, 1.54) is 24.6 Å². The molecule has 0 bridgehead atoms. The van der Waals surface area contributed by atoms with Crippen LogP contribution in [0, 0.1) is 5.92 Å². The number of benzene rings is 1. The van der Waals surface area contributed by atoms with Gasteiger partial charge in [0.2, 0.25) is 5.91 Å². The van der Waals surface area contributed by atoms with Crippen LogP contribution in [0.3, 0.4) is 0 Å².